The number of rotatable bonds is 4. The van der Waals surface area contributed by atoms with Crippen molar-refractivity contribution in [2.45, 2.75) is 0 Å². The van der Waals surface area contributed by atoms with E-state index in [4.69, 9.17) is 16.3 Å². The molecular weight excluding hydrogens is 334 g/mol. The summed E-state index contributed by atoms with van der Waals surface area (Å²) in [5.41, 5.74) is 0.891. The number of nitrogens with one attached hydrogen (secondary N) is 1. The van der Waals surface area contributed by atoms with E-state index < -0.39 is 0 Å². The molecule has 0 radical (unpaired) electrons. The van der Waals surface area contributed by atoms with Crippen LogP contribution in [0.5, 0.6) is 11.5 Å². The van der Waals surface area contributed by atoms with Crippen LogP contribution < -0.4 is 10.1 Å². The van der Waals surface area contributed by atoms with Crippen LogP contribution >= 0.6 is 11.6 Å². The number of ether oxygens (including phenoxy) is 1. The second kappa shape index (κ2) is 6.79. The molecule has 0 fully saturated rings. The third kappa shape index (κ3) is 3.39. The van der Waals surface area contributed by atoms with Gasteiger partial charge in [-0.2, -0.15) is 0 Å². The number of fused-ring (bicyclic) bond motifs is 1. The maximum absolute atomic E-state index is 6.11. The van der Waals surface area contributed by atoms with Gasteiger partial charge in [0.2, 0.25) is 0 Å². The molecule has 1 heterocycles. The molecule has 122 valence electrons. The van der Waals surface area contributed by atoms with Gasteiger partial charge in [-0.25, -0.2) is 0 Å². The van der Waals surface area contributed by atoms with E-state index in [9.17, 15) is 0 Å². The second-order valence-corrected chi connectivity index (χ2v) is 5.81. The lowest BCUT2D eigenvalue weighted by molar-refractivity contribution is 0.483. The number of para-hydroxylation sites is 1. The third-order valence-electron chi connectivity index (χ3n) is 3.74. The van der Waals surface area contributed by atoms with Crippen LogP contribution in [0.25, 0.3) is 10.8 Å². The summed E-state index contributed by atoms with van der Waals surface area (Å²) in [5, 5.41) is 13.6. The monoisotopic (exact) mass is 347 g/mol. The minimum atomic E-state index is 0.396. The molecule has 3 aromatic carbocycles. The summed E-state index contributed by atoms with van der Waals surface area (Å²) in [6.45, 7) is 0. The highest BCUT2D eigenvalue weighted by atomic mass is 35.5. The Bertz CT molecular complexity index is 1000. The molecule has 4 aromatic rings. The van der Waals surface area contributed by atoms with E-state index >= 15 is 0 Å². The Kier molecular flexibility index (Phi) is 4.19. The first kappa shape index (κ1) is 15.4. The van der Waals surface area contributed by atoms with E-state index in [1.807, 2.05) is 78.9 Å². The topological polar surface area (TPSA) is 47.0 Å². The molecule has 0 bridgehead atoms. The Labute approximate surface area is 150 Å². The van der Waals surface area contributed by atoms with E-state index in [-0.39, 0.29) is 0 Å². The van der Waals surface area contributed by atoms with Crippen LogP contribution in [0.4, 0.5) is 11.5 Å². The van der Waals surface area contributed by atoms with Crippen molar-refractivity contribution >= 4 is 33.9 Å². The Morgan fingerprint density at radius 3 is 2.08 bits per heavy atom. The van der Waals surface area contributed by atoms with Crippen molar-refractivity contribution in [2.75, 3.05) is 5.32 Å². The number of hydrogen-bond acceptors (Lipinski definition) is 4. The van der Waals surface area contributed by atoms with Crippen LogP contribution in [0.15, 0.2) is 78.9 Å². The largest absolute Gasteiger partial charge is 0.457 e. The lowest BCUT2D eigenvalue weighted by atomic mass is 10.2. The molecule has 1 N–H and O–H groups in total. The third-order valence-corrected chi connectivity index (χ3v) is 4.02. The molecule has 0 amide bonds. The van der Waals surface area contributed by atoms with E-state index in [0.29, 0.717) is 11.0 Å². The van der Waals surface area contributed by atoms with Crippen LogP contribution in [0, 0.1) is 0 Å². The molecule has 0 aliphatic rings. The van der Waals surface area contributed by atoms with Gasteiger partial charge < -0.3 is 10.1 Å². The summed E-state index contributed by atoms with van der Waals surface area (Å²) in [6.07, 6.45) is 0. The van der Waals surface area contributed by atoms with Gasteiger partial charge in [0.25, 0.3) is 0 Å². The summed E-state index contributed by atoms with van der Waals surface area (Å²) < 4.78 is 5.80. The fourth-order valence-electron chi connectivity index (χ4n) is 2.53. The SMILES string of the molecule is Clc1nnc(Nc2ccc(Oc3ccccc3)cc2)c2ccccc12. The van der Waals surface area contributed by atoms with E-state index in [1.165, 1.54) is 0 Å². The number of anilines is 2. The molecule has 0 atom stereocenters. The molecule has 0 saturated carbocycles. The number of aromatic nitrogens is 2. The van der Waals surface area contributed by atoms with E-state index in [0.717, 1.165) is 28.0 Å². The fourth-order valence-corrected chi connectivity index (χ4v) is 2.73. The van der Waals surface area contributed by atoms with Gasteiger partial charge in [-0.05, 0) is 36.4 Å². The molecule has 0 spiro atoms. The van der Waals surface area contributed by atoms with Crippen LogP contribution in [-0.2, 0) is 0 Å². The highest BCUT2D eigenvalue weighted by Crippen LogP contribution is 2.29. The Hall–Kier alpha value is -3.11. The van der Waals surface area contributed by atoms with Crippen LogP contribution in [0.3, 0.4) is 0 Å². The van der Waals surface area contributed by atoms with Gasteiger partial charge in [-0.3, -0.25) is 0 Å². The minimum absolute atomic E-state index is 0.396. The lowest BCUT2D eigenvalue weighted by Crippen LogP contribution is -1.97. The van der Waals surface area contributed by atoms with Crippen LogP contribution in [-0.4, -0.2) is 10.2 Å². The van der Waals surface area contributed by atoms with Crippen LogP contribution in [0.1, 0.15) is 0 Å². The molecule has 1 aromatic heterocycles. The first-order chi connectivity index (χ1) is 12.3. The zero-order valence-corrected chi connectivity index (χ0v) is 13.9. The summed E-state index contributed by atoms with van der Waals surface area (Å²) in [5.74, 6) is 2.23. The Morgan fingerprint density at radius 2 is 1.32 bits per heavy atom. The van der Waals surface area contributed by atoms with Gasteiger partial charge in [-0.1, -0.05) is 54.1 Å². The summed E-state index contributed by atoms with van der Waals surface area (Å²) in [7, 11) is 0. The van der Waals surface area contributed by atoms with Crippen molar-refractivity contribution in [3.8, 4) is 11.5 Å². The van der Waals surface area contributed by atoms with Gasteiger partial charge >= 0.3 is 0 Å². The number of nitrogens with zero attached hydrogens (tertiary/aromatic N) is 2. The Balaban J connectivity index is 1.57. The molecular formula is C20H14ClN3O. The standard InChI is InChI=1S/C20H14ClN3O/c21-19-17-8-4-5-9-18(17)20(24-23-19)22-14-10-12-16(13-11-14)25-15-6-2-1-3-7-15/h1-13H,(H,22,24). The van der Waals surface area contributed by atoms with Gasteiger partial charge in [0.1, 0.15) is 11.5 Å². The first-order valence-corrected chi connectivity index (χ1v) is 8.18. The average Bonchev–Trinajstić information content (AvgIpc) is 2.67. The maximum atomic E-state index is 6.11. The summed E-state index contributed by atoms with van der Waals surface area (Å²) in [4.78, 5) is 0. The smallest absolute Gasteiger partial charge is 0.161 e. The molecule has 25 heavy (non-hydrogen) atoms. The highest BCUT2D eigenvalue weighted by molar-refractivity contribution is 6.34. The van der Waals surface area contributed by atoms with Gasteiger partial charge in [0.05, 0.1) is 0 Å². The highest BCUT2D eigenvalue weighted by Gasteiger charge is 2.07. The predicted octanol–water partition coefficient (Wildman–Crippen LogP) is 5.82. The number of halogens is 1. The van der Waals surface area contributed by atoms with Gasteiger partial charge in [-0.15, -0.1) is 10.2 Å². The van der Waals surface area contributed by atoms with E-state index in [2.05, 4.69) is 15.5 Å². The summed E-state index contributed by atoms with van der Waals surface area (Å²) >= 11 is 6.11. The van der Waals surface area contributed by atoms with E-state index in [1.54, 1.807) is 0 Å². The molecule has 0 unspecified atom stereocenters. The maximum Gasteiger partial charge on any atom is 0.161 e. The fraction of sp³-hybridized carbons (Fsp3) is 0. The Morgan fingerprint density at radius 1 is 0.680 bits per heavy atom. The van der Waals surface area contributed by atoms with Gasteiger partial charge in [0, 0.05) is 16.5 Å². The number of hydrogen-bond donors (Lipinski definition) is 1. The normalized spacial score (nSPS) is 10.6. The van der Waals surface area contributed by atoms with Crippen LogP contribution in [0.2, 0.25) is 5.15 Å². The number of benzene rings is 3. The van der Waals surface area contributed by atoms with Crippen molar-refractivity contribution in [1.29, 1.82) is 0 Å². The van der Waals surface area contributed by atoms with Crippen molar-refractivity contribution in [2.24, 2.45) is 0 Å². The van der Waals surface area contributed by atoms with Crippen molar-refractivity contribution in [1.82, 2.24) is 10.2 Å². The molecule has 0 aliphatic heterocycles. The molecule has 5 heteroatoms. The van der Waals surface area contributed by atoms with Crippen molar-refractivity contribution < 1.29 is 4.74 Å². The summed E-state index contributed by atoms with van der Waals surface area (Å²) in [6, 6.07) is 25.1. The molecule has 4 nitrogen and oxygen atoms in total. The second-order valence-electron chi connectivity index (χ2n) is 5.45. The molecule has 0 aliphatic carbocycles. The van der Waals surface area contributed by atoms with Crippen molar-refractivity contribution in [3.05, 3.63) is 84.0 Å². The first-order valence-electron chi connectivity index (χ1n) is 7.80. The average molecular weight is 348 g/mol. The molecule has 4 rings (SSSR count). The minimum Gasteiger partial charge on any atom is -0.457 e. The van der Waals surface area contributed by atoms with Crippen molar-refractivity contribution in [3.63, 3.8) is 0 Å². The quantitative estimate of drug-likeness (QED) is 0.505. The van der Waals surface area contributed by atoms with Gasteiger partial charge in [0.15, 0.2) is 11.0 Å². The lowest BCUT2D eigenvalue weighted by Gasteiger charge is -2.10. The predicted molar refractivity (Wildman–Crippen MR) is 101 cm³/mol. The zero-order chi connectivity index (χ0) is 17.1. The zero-order valence-electron chi connectivity index (χ0n) is 13.2. The molecule has 0 saturated heterocycles.